The number of hydrogen-bond acceptors (Lipinski definition) is 1. The maximum absolute atomic E-state index is 6.02. The molecule has 1 nitrogen and oxygen atoms in total. The predicted octanol–water partition coefficient (Wildman–Crippen LogP) is 8.66. The molecule has 0 aliphatic rings. The highest BCUT2D eigenvalue weighted by Gasteiger charge is 2.26. The van der Waals surface area contributed by atoms with Crippen LogP contribution in [0.5, 0.6) is 0 Å². The van der Waals surface area contributed by atoms with Gasteiger partial charge in [0.25, 0.3) is 0 Å². The van der Waals surface area contributed by atoms with E-state index in [0.717, 1.165) is 13.2 Å². The van der Waals surface area contributed by atoms with Gasteiger partial charge in [-0.1, -0.05) is 94.9 Å². The Balaban J connectivity index is 0. The molecule has 154 valence electrons. The van der Waals surface area contributed by atoms with E-state index in [2.05, 4.69) is 69.2 Å². The van der Waals surface area contributed by atoms with Gasteiger partial charge in [0, 0.05) is 0 Å². The first-order valence-corrected chi connectivity index (χ1v) is 11.3. The zero-order valence-corrected chi connectivity index (χ0v) is 19.7. The van der Waals surface area contributed by atoms with Crippen molar-refractivity contribution in [3.05, 3.63) is 0 Å². The molecular weight excluding hydrogens is 304 g/mol. The Labute approximate surface area is 161 Å². The first-order valence-electron chi connectivity index (χ1n) is 11.3. The largest absolute Gasteiger partial charge is 0.380 e. The first kappa shape index (κ1) is 27.2. The molecule has 0 aromatic rings. The molecule has 0 aromatic heterocycles. The summed E-state index contributed by atoms with van der Waals surface area (Å²) in [5.41, 5.74) is 1.46. The average molecular weight is 357 g/mol. The minimum Gasteiger partial charge on any atom is -0.380 e. The van der Waals surface area contributed by atoms with E-state index in [4.69, 9.17) is 4.74 Å². The highest BCUT2D eigenvalue weighted by atomic mass is 16.5. The lowest BCUT2D eigenvalue weighted by Gasteiger charge is -2.33. The van der Waals surface area contributed by atoms with Gasteiger partial charge in [0.15, 0.2) is 0 Å². The van der Waals surface area contributed by atoms with Crippen LogP contribution in [0.4, 0.5) is 0 Å². The molecule has 0 bridgehead atoms. The summed E-state index contributed by atoms with van der Waals surface area (Å²) in [6, 6.07) is 0. The fraction of sp³-hybridized carbons (Fsp3) is 1.00. The molecule has 0 amide bonds. The maximum atomic E-state index is 6.02. The lowest BCUT2D eigenvalue weighted by atomic mass is 9.78. The van der Waals surface area contributed by atoms with Gasteiger partial charge in [-0.05, 0) is 48.3 Å². The Morgan fingerprint density at radius 2 is 0.760 bits per heavy atom. The van der Waals surface area contributed by atoms with Gasteiger partial charge in [-0.25, -0.2) is 0 Å². The van der Waals surface area contributed by atoms with Crippen LogP contribution in [0.1, 0.15) is 127 Å². The van der Waals surface area contributed by atoms with Crippen molar-refractivity contribution < 1.29 is 4.74 Å². The van der Waals surface area contributed by atoms with Gasteiger partial charge in [0.05, 0.1) is 13.2 Å². The van der Waals surface area contributed by atoms with Gasteiger partial charge >= 0.3 is 0 Å². The first-order chi connectivity index (χ1) is 11.8. The van der Waals surface area contributed by atoms with Gasteiger partial charge in [-0.15, -0.1) is 0 Å². The summed E-state index contributed by atoms with van der Waals surface area (Å²) in [7, 11) is 0. The topological polar surface area (TPSA) is 9.23 Å². The van der Waals surface area contributed by atoms with Crippen LogP contribution in [0.15, 0.2) is 0 Å². The van der Waals surface area contributed by atoms with Gasteiger partial charge in [-0.2, -0.15) is 0 Å². The van der Waals surface area contributed by atoms with Crippen molar-refractivity contribution in [2.24, 2.45) is 16.2 Å². The Kier molecular flexibility index (Phi) is 15.3. The van der Waals surface area contributed by atoms with E-state index in [1.807, 2.05) is 0 Å². The highest BCUT2D eigenvalue weighted by molar-refractivity contribution is 4.76. The average Bonchev–Trinajstić information content (AvgIpc) is 2.68. The fourth-order valence-corrected chi connectivity index (χ4v) is 3.52. The lowest BCUT2D eigenvalue weighted by Crippen LogP contribution is -2.29. The third-order valence-corrected chi connectivity index (χ3v) is 7.82. The SMILES string of the molecule is CCC(C)(CC)COCC(CC)(CC)CC.CCC(CC)(CC)CC. The third-order valence-electron chi connectivity index (χ3n) is 7.82. The lowest BCUT2D eigenvalue weighted by molar-refractivity contribution is -0.0106. The molecule has 0 heterocycles. The Morgan fingerprint density at radius 1 is 0.440 bits per heavy atom. The molecule has 0 spiro atoms. The van der Waals surface area contributed by atoms with Gasteiger partial charge < -0.3 is 4.74 Å². The molecule has 0 unspecified atom stereocenters. The predicted molar refractivity (Wildman–Crippen MR) is 116 cm³/mol. The van der Waals surface area contributed by atoms with Crippen LogP contribution < -0.4 is 0 Å². The van der Waals surface area contributed by atoms with E-state index in [0.29, 0.717) is 16.2 Å². The summed E-state index contributed by atoms with van der Waals surface area (Å²) in [5.74, 6) is 0. The summed E-state index contributed by atoms with van der Waals surface area (Å²) >= 11 is 0. The summed E-state index contributed by atoms with van der Waals surface area (Å²) in [5, 5.41) is 0. The number of rotatable bonds is 13. The van der Waals surface area contributed by atoms with Crippen LogP contribution in [0, 0.1) is 16.2 Å². The molecule has 0 fully saturated rings. The van der Waals surface area contributed by atoms with Crippen molar-refractivity contribution in [3.8, 4) is 0 Å². The molecule has 25 heavy (non-hydrogen) atoms. The van der Waals surface area contributed by atoms with Crippen molar-refractivity contribution in [3.63, 3.8) is 0 Å². The molecule has 1 heteroatoms. The van der Waals surface area contributed by atoms with Crippen molar-refractivity contribution >= 4 is 0 Å². The molecule has 0 saturated heterocycles. The van der Waals surface area contributed by atoms with Crippen LogP contribution in [0.2, 0.25) is 0 Å². The van der Waals surface area contributed by atoms with Crippen LogP contribution in [0.3, 0.4) is 0 Å². The molecule has 0 aromatic carbocycles. The standard InChI is InChI=1S/C15H32O.C9H20/c1-7-14(6,8-2)12-16-13-15(9-3,10-4)11-5;1-5-9(6-2,7-3)8-4/h7-13H2,1-6H3;5-8H2,1-4H3. The van der Waals surface area contributed by atoms with Crippen molar-refractivity contribution in [1.29, 1.82) is 0 Å². The normalized spacial score (nSPS) is 12.7. The van der Waals surface area contributed by atoms with Gasteiger partial charge in [0.2, 0.25) is 0 Å². The summed E-state index contributed by atoms with van der Waals surface area (Å²) in [6.45, 7) is 24.8. The van der Waals surface area contributed by atoms with Crippen LogP contribution in [-0.2, 0) is 4.74 Å². The van der Waals surface area contributed by atoms with Crippen molar-refractivity contribution in [2.45, 2.75) is 127 Å². The summed E-state index contributed by atoms with van der Waals surface area (Å²) in [6.07, 6.45) is 11.5. The van der Waals surface area contributed by atoms with Crippen LogP contribution >= 0.6 is 0 Å². The highest BCUT2D eigenvalue weighted by Crippen LogP contribution is 2.33. The van der Waals surface area contributed by atoms with Crippen LogP contribution in [-0.4, -0.2) is 13.2 Å². The van der Waals surface area contributed by atoms with E-state index < -0.39 is 0 Å². The Hall–Kier alpha value is -0.0400. The molecule has 0 atom stereocenters. The fourth-order valence-electron chi connectivity index (χ4n) is 3.52. The zero-order chi connectivity index (χ0) is 20.0. The van der Waals surface area contributed by atoms with E-state index >= 15 is 0 Å². The number of hydrogen-bond donors (Lipinski definition) is 0. The second-order valence-corrected chi connectivity index (χ2v) is 8.49. The monoisotopic (exact) mass is 356 g/mol. The van der Waals surface area contributed by atoms with Crippen LogP contribution in [0.25, 0.3) is 0 Å². The quantitative estimate of drug-likeness (QED) is 0.321. The molecule has 0 aliphatic heterocycles. The minimum absolute atomic E-state index is 0.376. The van der Waals surface area contributed by atoms with Gasteiger partial charge in [0.1, 0.15) is 0 Å². The van der Waals surface area contributed by atoms with E-state index in [1.54, 1.807) is 0 Å². The van der Waals surface area contributed by atoms with E-state index in [-0.39, 0.29) is 0 Å². The molecule has 0 radical (unpaired) electrons. The van der Waals surface area contributed by atoms with Gasteiger partial charge in [-0.3, -0.25) is 0 Å². The smallest absolute Gasteiger partial charge is 0.0522 e. The zero-order valence-electron chi connectivity index (χ0n) is 19.7. The summed E-state index contributed by atoms with van der Waals surface area (Å²) in [4.78, 5) is 0. The third kappa shape index (κ3) is 9.45. The summed E-state index contributed by atoms with van der Waals surface area (Å²) < 4.78 is 6.02. The second-order valence-electron chi connectivity index (χ2n) is 8.49. The maximum Gasteiger partial charge on any atom is 0.0522 e. The van der Waals surface area contributed by atoms with Crippen molar-refractivity contribution in [2.75, 3.05) is 13.2 Å². The molecule has 0 rings (SSSR count). The molecule has 0 N–H and O–H groups in total. The Bertz CT molecular complexity index is 257. The number of ether oxygens (including phenoxy) is 1. The minimum atomic E-state index is 0.376. The van der Waals surface area contributed by atoms with E-state index in [9.17, 15) is 0 Å². The second kappa shape index (κ2) is 14.1. The van der Waals surface area contributed by atoms with E-state index in [1.165, 1.54) is 57.8 Å². The molecular formula is C24H52O. The molecule has 0 saturated carbocycles. The molecule has 0 aliphatic carbocycles. The Morgan fingerprint density at radius 3 is 0.960 bits per heavy atom. The van der Waals surface area contributed by atoms with Crippen molar-refractivity contribution in [1.82, 2.24) is 0 Å².